The number of nitrogens with zero attached hydrogens (tertiary/aromatic N) is 2. The third-order valence-electron chi connectivity index (χ3n) is 3.58. The molecule has 1 aromatic carbocycles. The Morgan fingerprint density at radius 2 is 2.40 bits per heavy atom. The number of carboxylic acids is 1. The number of halogens is 1. The molecule has 1 aromatic heterocycles. The fourth-order valence-electron chi connectivity index (χ4n) is 2.50. The van der Waals surface area contributed by atoms with Crippen molar-refractivity contribution in [3.8, 4) is 0 Å². The maximum Gasteiger partial charge on any atom is 0.356 e. The molecule has 0 unspecified atom stereocenters. The molecule has 0 amide bonds. The lowest BCUT2D eigenvalue weighted by Gasteiger charge is -2.19. The van der Waals surface area contributed by atoms with Gasteiger partial charge < -0.3 is 14.7 Å². The number of hydrogen-bond donors (Lipinski definition) is 1. The van der Waals surface area contributed by atoms with Gasteiger partial charge in [0.25, 0.3) is 0 Å². The van der Waals surface area contributed by atoms with E-state index < -0.39 is 11.8 Å². The van der Waals surface area contributed by atoms with Gasteiger partial charge in [-0.15, -0.1) is 0 Å². The van der Waals surface area contributed by atoms with E-state index in [0.29, 0.717) is 22.3 Å². The van der Waals surface area contributed by atoms with Crippen molar-refractivity contribution < 1.29 is 19.0 Å². The average Bonchev–Trinajstić information content (AvgIpc) is 3.05. The number of fused-ring (bicyclic) bond motifs is 1. The molecule has 7 heteroatoms. The third-order valence-corrected chi connectivity index (χ3v) is 4.44. The van der Waals surface area contributed by atoms with Crippen LogP contribution in [0, 0.1) is 5.82 Å². The second-order valence-electron chi connectivity index (χ2n) is 4.70. The number of aromatic nitrogens is 1. The number of carboxylic acid groups (broad SMARTS) is 1. The molecule has 0 radical (unpaired) electrons. The first-order valence-corrected chi connectivity index (χ1v) is 6.98. The normalized spacial score (nSPS) is 18.9. The summed E-state index contributed by atoms with van der Waals surface area (Å²) in [7, 11) is 1.65. The molecule has 3 rings (SSSR count). The van der Waals surface area contributed by atoms with Gasteiger partial charge >= 0.3 is 5.97 Å². The molecule has 1 atom stereocenters. The van der Waals surface area contributed by atoms with Crippen LogP contribution in [0.1, 0.15) is 16.9 Å². The van der Waals surface area contributed by atoms with E-state index in [1.807, 2.05) is 4.90 Å². The summed E-state index contributed by atoms with van der Waals surface area (Å²) in [4.78, 5) is 12.9. The van der Waals surface area contributed by atoms with Gasteiger partial charge in [0.2, 0.25) is 0 Å². The van der Waals surface area contributed by atoms with Crippen molar-refractivity contribution in [2.45, 2.75) is 12.5 Å². The van der Waals surface area contributed by atoms with Crippen molar-refractivity contribution in [1.82, 2.24) is 4.37 Å². The maximum absolute atomic E-state index is 14.5. The second-order valence-corrected chi connectivity index (χ2v) is 5.48. The van der Waals surface area contributed by atoms with Crippen LogP contribution in [0.15, 0.2) is 12.1 Å². The van der Waals surface area contributed by atoms with Crippen molar-refractivity contribution in [2.24, 2.45) is 0 Å². The lowest BCUT2D eigenvalue weighted by atomic mass is 10.2. The average molecular weight is 296 g/mol. The molecule has 0 saturated carbocycles. The van der Waals surface area contributed by atoms with Gasteiger partial charge in [0.05, 0.1) is 16.5 Å². The summed E-state index contributed by atoms with van der Waals surface area (Å²) in [5.74, 6) is -1.53. The molecular formula is C13H13FN2O3S. The molecule has 2 heterocycles. The largest absolute Gasteiger partial charge is 0.476 e. The van der Waals surface area contributed by atoms with Crippen LogP contribution >= 0.6 is 11.5 Å². The Morgan fingerprint density at radius 1 is 1.60 bits per heavy atom. The number of carbonyl (C=O) groups is 1. The summed E-state index contributed by atoms with van der Waals surface area (Å²) in [6.07, 6.45) is 0.970. The Hall–Kier alpha value is -1.73. The monoisotopic (exact) mass is 296 g/mol. The second kappa shape index (κ2) is 4.99. The zero-order valence-electron chi connectivity index (χ0n) is 10.8. The molecule has 1 N–H and O–H groups in total. The fourth-order valence-corrected chi connectivity index (χ4v) is 3.31. The van der Waals surface area contributed by atoms with Gasteiger partial charge in [0, 0.05) is 25.6 Å². The van der Waals surface area contributed by atoms with Crippen LogP contribution < -0.4 is 4.90 Å². The lowest BCUT2D eigenvalue weighted by Crippen LogP contribution is -2.23. The number of aromatic carboxylic acids is 1. The van der Waals surface area contributed by atoms with Gasteiger partial charge in [-0.25, -0.2) is 9.18 Å². The van der Waals surface area contributed by atoms with Crippen LogP contribution in [0.3, 0.4) is 0 Å². The number of benzene rings is 1. The zero-order chi connectivity index (χ0) is 14.3. The molecule has 2 aromatic rings. The molecule has 20 heavy (non-hydrogen) atoms. The highest BCUT2D eigenvalue weighted by Crippen LogP contribution is 2.33. The number of rotatable bonds is 3. The molecule has 0 bridgehead atoms. The van der Waals surface area contributed by atoms with E-state index in [4.69, 9.17) is 9.84 Å². The zero-order valence-corrected chi connectivity index (χ0v) is 11.6. The van der Waals surface area contributed by atoms with Crippen molar-refractivity contribution in [2.75, 3.05) is 25.1 Å². The Balaban J connectivity index is 2.02. The minimum atomic E-state index is -1.14. The highest BCUT2D eigenvalue weighted by Gasteiger charge is 2.26. The molecule has 1 saturated heterocycles. The van der Waals surface area contributed by atoms with Crippen LogP contribution in [-0.2, 0) is 4.74 Å². The summed E-state index contributed by atoms with van der Waals surface area (Å²) in [5, 5.41) is 9.36. The van der Waals surface area contributed by atoms with E-state index >= 15 is 0 Å². The van der Waals surface area contributed by atoms with E-state index in [1.165, 1.54) is 0 Å². The van der Waals surface area contributed by atoms with Gasteiger partial charge in [-0.3, -0.25) is 0 Å². The lowest BCUT2D eigenvalue weighted by molar-refractivity contribution is 0.0694. The van der Waals surface area contributed by atoms with Crippen LogP contribution in [0.5, 0.6) is 0 Å². The minimum absolute atomic E-state index is 0.0911. The minimum Gasteiger partial charge on any atom is -0.476 e. The standard InChI is InChI=1S/C13H13FN2O3S/c1-19-7-4-5-16(6-7)9-3-2-8-11(13(17)18)15-20-12(8)10(9)14/h2-3,7H,4-6H2,1H3,(H,17,18)/t7-/m1/s1. The predicted octanol–water partition coefficient (Wildman–Crippen LogP) is 2.36. The predicted molar refractivity (Wildman–Crippen MR) is 74.2 cm³/mol. The quantitative estimate of drug-likeness (QED) is 0.942. The van der Waals surface area contributed by atoms with Crippen molar-refractivity contribution in [1.29, 1.82) is 0 Å². The van der Waals surface area contributed by atoms with Crippen molar-refractivity contribution >= 4 is 33.3 Å². The van der Waals surface area contributed by atoms with Crippen LogP contribution in [0.4, 0.5) is 10.1 Å². The fraction of sp³-hybridized carbons (Fsp3) is 0.385. The van der Waals surface area contributed by atoms with E-state index in [0.717, 1.165) is 24.5 Å². The Kier molecular flexibility index (Phi) is 3.31. The van der Waals surface area contributed by atoms with Gasteiger partial charge in [-0.05, 0) is 30.1 Å². The van der Waals surface area contributed by atoms with Gasteiger partial charge in [-0.2, -0.15) is 4.37 Å². The van der Waals surface area contributed by atoms with Gasteiger partial charge in [0.1, 0.15) is 0 Å². The Morgan fingerprint density at radius 3 is 3.05 bits per heavy atom. The van der Waals surface area contributed by atoms with E-state index in [-0.39, 0.29) is 11.8 Å². The van der Waals surface area contributed by atoms with Crippen LogP contribution in [-0.4, -0.2) is 41.8 Å². The molecular weight excluding hydrogens is 283 g/mol. The Labute approximate surface area is 118 Å². The van der Waals surface area contributed by atoms with E-state index in [1.54, 1.807) is 19.2 Å². The SMILES string of the molecule is CO[C@@H]1CCN(c2ccc3c(C(=O)O)nsc3c2F)C1. The van der Waals surface area contributed by atoms with Crippen LogP contribution in [0.25, 0.3) is 10.1 Å². The number of hydrogen-bond acceptors (Lipinski definition) is 5. The van der Waals surface area contributed by atoms with E-state index in [2.05, 4.69) is 4.37 Å². The highest BCUT2D eigenvalue weighted by atomic mass is 32.1. The maximum atomic E-state index is 14.5. The first-order chi connectivity index (χ1) is 9.61. The summed E-state index contributed by atoms with van der Waals surface area (Å²) in [5.41, 5.74) is 0.393. The summed E-state index contributed by atoms with van der Waals surface area (Å²) < 4.78 is 23.9. The van der Waals surface area contributed by atoms with Crippen molar-refractivity contribution in [3.63, 3.8) is 0 Å². The summed E-state index contributed by atoms with van der Waals surface area (Å²) >= 11 is 0.885. The molecule has 1 aliphatic rings. The molecule has 1 fully saturated rings. The number of methoxy groups -OCH3 is 1. The topological polar surface area (TPSA) is 62.7 Å². The molecule has 1 aliphatic heterocycles. The van der Waals surface area contributed by atoms with E-state index in [9.17, 15) is 9.18 Å². The molecule has 0 aliphatic carbocycles. The van der Waals surface area contributed by atoms with Gasteiger partial charge in [-0.1, -0.05) is 0 Å². The third kappa shape index (κ3) is 2.03. The highest BCUT2D eigenvalue weighted by molar-refractivity contribution is 7.13. The first kappa shape index (κ1) is 13.3. The van der Waals surface area contributed by atoms with Crippen molar-refractivity contribution in [3.05, 3.63) is 23.6 Å². The number of anilines is 1. The van der Waals surface area contributed by atoms with Crippen LogP contribution in [0.2, 0.25) is 0 Å². The first-order valence-electron chi connectivity index (χ1n) is 6.20. The van der Waals surface area contributed by atoms with Gasteiger partial charge in [0.15, 0.2) is 11.5 Å². The smallest absolute Gasteiger partial charge is 0.356 e. The Bertz CT molecular complexity index is 673. The molecule has 5 nitrogen and oxygen atoms in total. The molecule has 0 spiro atoms. The number of ether oxygens (including phenoxy) is 1. The summed E-state index contributed by atoms with van der Waals surface area (Å²) in [6, 6.07) is 3.25. The molecule has 106 valence electrons. The summed E-state index contributed by atoms with van der Waals surface area (Å²) in [6.45, 7) is 1.37.